The molecule has 2 rings (SSSR count). The summed E-state index contributed by atoms with van der Waals surface area (Å²) in [6, 6.07) is 19.5. The molecule has 0 aliphatic rings. The van der Waals surface area contributed by atoms with Crippen molar-refractivity contribution >= 4 is 5.78 Å². The van der Waals surface area contributed by atoms with Crippen molar-refractivity contribution in [3.05, 3.63) is 60.2 Å². The highest BCUT2D eigenvalue weighted by atomic mass is 16.1. The number of benzene rings is 2. The van der Waals surface area contributed by atoms with Crippen LogP contribution in [0.4, 0.5) is 0 Å². The molecule has 0 fully saturated rings. The molecule has 1 atom stereocenters. The third kappa shape index (κ3) is 2.89. The third-order valence-corrected chi connectivity index (χ3v) is 3.16. The fraction of sp³-hybridized carbons (Fsp3) is 0.176. The van der Waals surface area contributed by atoms with Crippen molar-refractivity contribution < 1.29 is 4.79 Å². The minimum absolute atomic E-state index is 0.0930. The second-order valence-corrected chi connectivity index (χ2v) is 4.40. The fourth-order valence-corrected chi connectivity index (χ4v) is 1.99. The zero-order chi connectivity index (χ0) is 13.7. The number of hydrogen-bond donors (Lipinski definition) is 0. The Labute approximate surface area is 113 Å². The lowest BCUT2D eigenvalue weighted by atomic mass is 9.95. The number of carbonyl (C=O) groups excluding carboxylic acids is 1. The van der Waals surface area contributed by atoms with Crippen LogP contribution < -0.4 is 0 Å². The van der Waals surface area contributed by atoms with Crippen LogP contribution in [0.15, 0.2) is 54.6 Å². The second-order valence-electron chi connectivity index (χ2n) is 4.40. The van der Waals surface area contributed by atoms with Crippen LogP contribution in [0.25, 0.3) is 11.1 Å². The van der Waals surface area contributed by atoms with Gasteiger partial charge in [0.25, 0.3) is 0 Å². The van der Waals surface area contributed by atoms with E-state index in [0.717, 1.165) is 11.1 Å². The predicted molar refractivity (Wildman–Crippen MR) is 75.6 cm³/mol. The molecule has 0 aromatic heterocycles. The summed E-state index contributed by atoms with van der Waals surface area (Å²) < 4.78 is 0. The highest BCUT2D eigenvalue weighted by Gasteiger charge is 2.17. The smallest absolute Gasteiger partial charge is 0.179 e. The Balaban J connectivity index is 2.25. The molecule has 2 aromatic carbocycles. The number of carbonyl (C=O) groups is 1. The first-order valence-electron chi connectivity index (χ1n) is 6.35. The van der Waals surface area contributed by atoms with Gasteiger partial charge in [0.2, 0.25) is 0 Å². The Morgan fingerprint density at radius 2 is 1.63 bits per heavy atom. The van der Waals surface area contributed by atoms with Crippen LogP contribution in [-0.4, -0.2) is 5.78 Å². The Morgan fingerprint density at radius 3 is 2.16 bits per heavy atom. The molecule has 0 saturated carbocycles. The molecule has 0 N–H and O–H groups in total. The largest absolute Gasteiger partial charge is 0.293 e. The summed E-state index contributed by atoms with van der Waals surface area (Å²) in [5.41, 5.74) is 2.80. The minimum atomic E-state index is -0.539. The van der Waals surface area contributed by atoms with E-state index in [-0.39, 0.29) is 5.78 Å². The van der Waals surface area contributed by atoms with Crippen molar-refractivity contribution in [3.8, 4) is 17.2 Å². The summed E-state index contributed by atoms with van der Waals surface area (Å²) >= 11 is 0. The maximum atomic E-state index is 12.0. The van der Waals surface area contributed by atoms with E-state index in [1.165, 1.54) is 0 Å². The van der Waals surface area contributed by atoms with Gasteiger partial charge in [-0.1, -0.05) is 61.5 Å². The number of nitrogens with zero attached hydrogens (tertiary/aromatic N) is 1. The fourth-order valence-electron chi connectivity index (χ4n) is 1.99. The average molecular weight is 249 g/mol. The average Bonchev–Trinajstić information content (AvgIpc) is 2.49. The first-order valence-corrected chi connectivity index (χ1v) is 6.35. The van der Waals surface area contributed by atoms with E-state index in [9.17, 15) is 4.79 Å². The molecule has 2 aromatic rings. The first-order chi connectivity index (χ1) is 9.26. The summed E-state index contributed by atoms with van der Waals surface area (Å²) in [4.78, 5) is 12.0. The van der Waals surface area contributed by atoms with Gasteiger partial charge >= 0.3 is 0 Å². The maximum absolute atomic E-state index is 12.0. The van der Waals surface area contributed by atoms with Gasteiger partial charge in [-0.25, -0.2) is 0 Å². The van der Waals surface area contributed by atoms with Crippen LogP contribution in [0.5, 0.6) is 0 Å². The molecule has 94 valence electrons. The molecular formula is C17H15NO. The number of hydrogen-bond acceptors (Lipinski definition) is 2. The van der Waals surface area contributed by atoms with E-state index in [1.54, 1.807) is 12.1 Å². The minimum Gasteiger partial charge on any atom is -0.293 e. The topological polar surface area (TPSA) is 40.9 Å². The molecular weight excluding hydrogens is 234 g/mol. The van der Waals surface area contributed by atoms with Crippen molar-refractivity contribution in [2.75, 3.05) is 0 Å². The predicted octanol–water partition coefficient (Wildman–Crippen LogP) is 4.09. The summed E-state index contributed by atoms with van der Waals surface area (Å²) in [5.74, 6) is -0.632. The quantitative estimate of drug-likeness (QED) is 0.766. The Bertz CT molecular complexity index is 593. The second kappa shape index (κ2) is 5.97. The van der Waals surface area contributed by atoms with Crippen molar-refractivity contribution in [2.24, 2.45) is 5.92 Å². The van der Waals surface area contributed by atoms with Gasteiger partial charge in [-0.3, -0.25) is 4.79 Å². The van der Waals surface area contributed by atoms with Gasteiger partial charge in [0.05, 0.1) is 6.07 Å². The highest BCUT2D eigenvalue weighted by molar-refractivity contribution is 5.99. The Kier molecular flexibility index (Phi) is 4.10. The van der Waals surface area contributed by atoms with Gasteiger partial charge in [-0.15, -0.1) is 0 Å². The summed E-state index contributed by atoms with van der Waals surface area (Å²) in [6.07, 6.45) is 0.551. The van der Waals surface area contributed by atoms with Gasteiger partial charge in [-0.2, -0.15) is 5.26 Å². The molecule has 0 amide bonds. The Hall–Kier alpha value is -2.40. The molecule has 2 nitrogen and oxygen atoms in total. The number of rotatable bonds is 4. The third-order valence-electron chi connectivity index (χ3n) is 3.16. The SMILES string of the molecule is CCC(C#N)C(=O)c1ccc(-c2ccccc2)cc1. The molecule has 0 bridgehead atoms. The highest BCUT2D eigenvalue weighted by Crippen LogP contribution is 2.20. The monoisotopic (exact) mass is 249 g/mol. The van der Waals surface area contributed by atoms with E-state index in [0.29, 0.717) is 12.0 Å². The maximum Gasteiger partial charge on any atom is 0.179 e. The zero-order valence-corrected chi connectivity index (χ0v) is 10.8. The molecule has 1 unspecified atom stereocenters. The summed E-state index contributed by atoms with van der Waals surface area (Å²) in [5, 5.41) is 8.92. The molecule has 2 heteroatoms. The molecule has 0 aliphatic carbocycles. The van der Waals surface area contributed by atoms with Gasteiger partial charge in [0, 0.05) is 5.56 Å². The van der Waals surface area contributed by atoms with Crippen molar-refractivity contribution in [1.29, 1.82) is 5.26 Å². The number of ketones is 1. The summed E-state index contributed by atoms with van der Waals surface area (Å²) in [6.45, 7) is 1.85. The molecule has 0 saturated heterocycles. The van der Waals surface area contributed by atoms with E-state index in [1.807, 2.05) is 55.5 Å². The van der Waals surface area contributed by atoms with Crippen molar-refractivity contribution in [3.63, 3.8) is 0 Å². The van der Waals surface area contributed by atoms with Gasteiger partial charge in [0.15, 0.2) is 5.78 Å². The van der Waals surface area contributed by atoms with Crippen LogP contribution in [0.3, 0.4) is 0 Å². The lowest BCUT2D eigenvalue weighted by molar-refractivity contribution is 0.0946. The Morgan fingerprint density at radius 1 is 1.05 bits per heavy atom. The zero-order valence-electron chi connectivity index (χ0n) is 10.8. The van der Waals surface area contributed by atoms with Crippen molar-refractivity contribution in [1.82, 2.24) is 0 Å². The van der Waals surface area contributed by atoms with Crippen LogP contribution in [0.1, 0.15) is 23.7 Å². The van der Waals surface area contributed by atoms with E-state index in [2.05, 4.69) is 0 Å². The molecule has 0 heterocycles. The lowest BCUT2D eigenvalue weighted by Gasteiger charge is -2.06. The van der Waals surface area contributed by atoms with E-state index >= 15 is 0 Å². The van der Waals surface area contributed by atoms with Crippen LogP contribution in [0.2, 0.25) is 0 Å². The van der Waals surface area contributed by atoms with E-state index < -0.39 is 5.92 Å². The number of nitriles is 1. The van der Waals surface area contributed by atoms with Crippen LogP contribution in [0, 0.1) is 17.2 Å². The van der Waals surface area contributed by atoms with Crippen molar-refractivity contribution in [2.45, 2.75) is 13.3 Å². The summed E-state index contributed by atoms with van der Waals surface area (Å²) in [7, 11) is 0. The molecule has 0 radical (unpaired) electrons. The van der Waals surface area contributed by atoms with E-state index in [4.69, 9.17) is 5.26 Å². The first kappa shape index (κ1) is 13.0. The molecule has 0 spiro atoms. The van der Waals surface area contributed by atoms with Crippen LogP contribution >= 0.6 is 0 Å². The molecule has 19 heavy (non-hydrogen) atoms. The van der Waals surface area contributed by atoms with Gasteiger partial charge in [-0.05, 0) is 17.5 Å². The normalized spacial score (nSPS) is 11.6. The van der Waals surface area contributed by atoms with Gasteiger partial charge in [0.1, 0.15) is 5.92 Å². The number of Topliss-reactive ketones (excluding diaryl/α,β-unsaturated/α-hetero) is 1. The van der Waals surface area contributed by atoms with Gasteiger partial charge < -0.3 is 0 Å². The molecule has 0 aliphatic heterocycles. The standard InChI is InChI=1S/C17H15NO/c1-2-13(12-18)17(19)16-10-8-15(9-11-16)14-6-4-3-5-7-14/h3-11,13H,2H2,1H3. The van der Waals surface area contributed by atoms with Crippen LogP contribution in [-0.2, 0) is 0 Å². The lowest BCUT2D eigenvalue weighted by Crippen LogP contribution is -2.11.